The molecule has 0 fully saturated rings. The van der Waals surface area contributed by atoms with Crippen LogP contribution < -0.4 is 0 Å². The van der Waals surface area contributed by atoms with Crippen molar-refractivity contribution in [1.82, 2.24) is 0 Å². The maximum absolute atomic E-state index is 2.41. The van der Waals surface area contributed by atoms with Crippen molar-refractivity contribution in [1.29, 1.82) is 0 Å². The first kappa shape index (κ1) is 15.3. The van der Waals surface area contributed by atoms with Gasteiger partial charge in [0.15, 0.2) is 0 Å². The summed E-state index contributed by atoms with van der Waals surface area (Å²) >= 11 is 0. The molecule has 0 aromatic heterocycles. The van der Waals surface area contributed by atoms with Crippen LogP contribution in [0.1, 0.15) is 71.3 Å². The summed E-state index contributed by atoms with van der Waals surface area (Å²) in [6.45, 7) is 7.10. The van der Waals surface area contributed by atoms with Gasteiger partial charge in [-0.2, -0.15) is 0 Å². The molecule has 0 aliphatic carbocycles. The van der Waals surface area contributed by atoms with E-state index in [4.69, 9.17) is 0 Å². The molecule has 1 aromatic carbocycles. The van der Waals surface area contributed by atoms with Gasteiger partial charge in [0, 0.05) is 0 Å². The van der Waals surface area contributed by atoms with E-state index in [1.807, 2.05) is 0 Å². The maximum Gasteiger partial charge on any atom is -0.0227 e. The molecular weight excluding hydrogens is 216 g/mol. The van der Waals surface area contributed by atoms with Gasteiger partial charge in [0.1, 0.15) is 0 Å². The van der Waals surface area contributed by atoms with Crippen LogP contribution in [0.25, 0.3) is 0 Å². The van der Waals surface area contributed by atoms with Crippen molar-refractivity contribution in [2.45, 2.75) is 72.1 Å². The molecule has 0 nitrogen and oxygen atoms in total. The van der Waals surface area contributed by atoms with Crippen molar-refractivity contribution in [3.05, 3.63) is 35.9 Å². The fourth-order valence-electron chi connectivity index (χ4n) is 2.62. The van der Waals surface area contributed by atoms with Crippen molar-refractivity contribution < 1.29 is 0 Å². The third kappa shape index (κ3) is 6.83. The Morgan fingerprint density at radius 3 is 2.11 bits per heavy atom. The van der Waals surface area contributed by atoms with Gasteiger partial charge in [-0.25, -0.2) is 0 Å². The molecule has 0 saturated heterocycles. The number of benzene rings is 1. The normalized spacial score (nSPS) is 11.7. The van der Waals surface area contributed by atoms with Crippen molar-refractivity contribution in [3.63, 3.8) is 0 Å². The van der Waals surface area contributed by atoms with Crippen LogP contribution in [-0.4, -0.2) is 0 Å². The highest BCUT2D eigenvalue weighted by Gasteiger charge is 2.17. The average Bonchev–Trinajstić information content (AvgIpc) is 2.34. The Bertz CT molecular complexity index is 297. The zero-order valence-corrected chi connectivity index (χ0v) is 12.5. The van der Waals surface area contributed by atoms with E-state index in [9.17, 15) is 0 Å². The van der Waals surface area contributed by atoms with E-state index in [1.54, 1.807) is 0 Å². The molecular formula is C18H30. The van der Waals surface area contributed by atoms with Crippen molar-refractivity contribution in [2.24, 2.45) is 5.41 Å². The van der Waals surface area contributed by atoms with E-state index in [0.717, 1.165) is 0 Å². The van der Waals surface area contributed by atoms with Crippen molar-refractivity contribution >= 4 is 0 Å². The average molecular weight is 246 g/mol. The molecule has 18 heavy (non-hydrogen) atoms. The van der Waals surface area contributed by atoms with E-state index in [0.29, 0.717) is 5.41 Å². The second-order valence-corrected chi connectivity index (χ2v) is 6.34. The minimum absolute atomic E-state index is 0.451. The van der Waals surface area contributed by atoms with Gasteiger partial charge in [-0.05, 0) is 23.8 Å². The number of hydrogen-bond donors (Lipinski definition) is 0. The summed E-state index contributed by atoms with van der Waals surface area (Å²) in [7, 11) is 0. The second-order valence-electron chi connectivity index (χ2n) is 6.34. The van der Waals surface area contributed by atoms with Gasteiger partial charge >= 0.3 is 0 Å². The summed E-state index contributed by atoms with van der Waals surface area (Å²) in [4.78, 5) is 0. The third-order valence-electron chi connectivity index (χ3n) is 3.73. The van der Waals surface area contributed by atoms with Gasteiger partial charge in [-0.3, -0.25) is 0 Å². The summed E-state index contributed by atoms with van der Waals surface area (Å²) in [5, 5.41) is 0. The smallest absolute Gasteiger partial charge is 0.0227 e. The standard InChI is InChI=1S/C18H30/c1-4-5-6-7-8-12-15-18(2,3)16-17-13-10-9-11-14-17/h9-11,13-14H,4-8,12,15-16H2,1-3H3. The first-order valence-electron chi connectivity index (χ1n) is 7.68. The van der Waals surface area contributed by atoms with E-state index in [-0.39, 0.29) is 0 Å². The molecule has 0 heteroatoms. The minimum Gasteiger partial charge on any atom is -0.0654 e. The van der Waals surface area contributed by atoms with Crippen molar-refractivity contribution in [3.8, 4) is 0 Å². The Labute approximate surface area is 114 Å². The highest BCUT2D eigenvalue weighted by Crippen LogP contribution is 2.28. The Morgan fingerprint density at radius 1 is 0.833 bits per heavy atom. The molecule has 0 aliphatic rings. The molecule has 0 heterocycles. The Kier molecular flexibility index (Phi) is 7.08. The first-order valence-corrected chi connectivity index (χ1v) is 7.68. The predicted molar refractivity (Wildman–Crippen MR) is 81.9 cm³/mol. The molecule has 0 bridgehead atoms. The number of rotatable bonds is 9. The van der Waals surface area contributed by atoms with Gasteiger partial charge in [-0.15, -0.1) is 0 Å². The first-order chi connectivity index (χ1) is 8.64. The zero-order valence-electron chi connectivity index (χ0n) is 12.5. The lowest BCUT2D eigenvalue weighted by Crippen LogP contribution is -2.14. The molecule has 0 amide bonds. The van der Waals surface area contributed by atoms with E-state index in [1.165, 1.54) is 56.9 Å². The predicted octanol–water partition coefficient (Wildman–Crippen LogP) is 6.01. The van der Waals surface area contributed by atoms with Crippen LogP contribution in [-0.2, 0) is 6.42 Å². The van der Waals surface area contributed by atoms with Crippen LogP contribution >= 0.6 is 0 Å². The summed E-state index contributed by atoms with van der Waals surface area (Å²) in [6.07, 6.45) is 11.0. The van der Waals surface area contributed by atoms with Gasteiger partial charge in [0.05, 0.1) is 0 Å². The lowest BCUT2D eigenvalue weighted by Gasteiger charge is -2.24. The van der Waals surface area contributed by atoms with Crippen LogP contribution in [0.2, 0.25) is 0 Å². The SMILES string of the molecule is CCCCCCCCC(C)(C)Cc1ccccc1. The third-order valence-corrected chi connectivity index (χ3v) is 3.73. The summed E-state index contributed by atoms with van der Waals surface area (Å²) in [5.41, 5.74) is 1.93. The molecule has 0 saturated carbocycles. The Balaban J connectivity index is 2.19. The lowest BCUT2D eigenvalue weighted by atomic mass is 9.81. The van der Waals surface area contributed by atoms with Crippen LogP contribution in [0.5, 0.6) is 0 Å². The van der Waals surface area contributed by atoms with Crippen molar-refractivity contribution in [2.75, 3.05) is 0 Å². The Hall–Kier alpha value is -0.780. The molecule has 0 aliphatic heterocycles. The zero-order chi connectivity index (χ0) is 13.3. The molecule has 0 spiro atoms. The quantitative estimate of drug-likeness (QED) is 0.468. The van der Waals surface area contributed by atoms with Gasteiger partial charge < -0.3 is 0 Å². The fraction of sp³-hybridized carbons (Fsp3) is 0.667. The summed E-state index contributed by atoms with van der Waals surface area (Å²) < 4.78 is 0. The number of hydrogen-bond acceptors (Lipinski definition) is 0. The van der Waals surface area contributed by atoms with E-state index < -0.39 is 0 Å². The lowest BCUT2D eigenvalue weighted by molar-refractivity contribution is 0.316. The molecule has 0 atom stereocenters. The maximum atomic E-state index is 2.41. The van der Waals surface area contributed by atoms with Crippen LogP contribution in [0.3, 0.4) is 0 Å². The molecule has 102 valence electrons. The van der Waals surface area contributed by atoms with Crippen LogP contribution in [0, 0.1) is 5.41 Å². The summed E-state index contributed by atoms with van der Waals surface area (Å²) in [5.74, 6) is 0. The highest BCUT2D eigenvalue weighted by atomic mass is 14.2. The van der Waals surface area contributed by atoms with E-state index in [2.05, 4.69) is 51.1 Å². The van der Waals surface area contributed by atoms with Crippen LogP contribution in [0.15, 0.2) is 30.3 Å². The monoisotopic (exact) mass is 246 g/mol. The Morgan fingerprint density at radius 2 is 1.44 bits per heavy atom. The summed E-state index contributed by atoms with van der Waals surface area (Å²) in [6, 6.07) is 10.9. The topological polar surface area (TPSA) is 0 Å². The van der Waals surface area contributed by atoms with Gasteiger partial charge in [-0.1, -0.05) is 89.6 Å². The molecule has 0 unspecified atom stereocenters. The minimum atomic E-state index is 0.451. The largest absolute Gasteiger partial charge is 0.0654 e. The van der Waals surface area contributed by atoms with Gasteiger partial charge in [0.2, 0.25) is 0 Å². The van der Waals surface area contributed by atoms with Gasteiger partial charge in [0.25, 0.3) is 0 Å². The number of unbranched alkanes of at least 4 members (excludes halogenated alkanes) is 5. The van der Waals surface area contributed by atoms with Crippen LogP contribution in [0.4, 0.5) is 0 Å². The fourth-order valence-corrected chi connectivity index (χ4v) is 2.62. The highest BCUT2D eigenvalue weighted by molar-refractivity contribution is 5.16. The molecule has 0 N–H and O–H groups in total. The molecule has 0 radical (unpaired) electrons. The molecule has 1 aromatic rings. The molecule has 1 rings (SSSR count). The second kappa shape index (κ2) is 8.34. The van der Waals surface area contributed by atoms with E-state index >= 15 is 0 Å².